The van der Waals surface area contributed by atoms with Gasteiger partial charge in [0, 0.05) is 0 Å². The third-order valence-corrected chi connectivity index (χ3v) is 0.873. The van der Waals surface area contributed by atoms with Gasteiger partial charge in [-0.3, -0.25) is 4.79 Å². The summed E-state index contributed by atoms with van der Waals surface area (Å²) in [5.41, 5.74) is 0. The molecule has 0 saturated carbocycles. The van der Waals surface area contributed by atoms with E-state index in [1.165, 1.54) is 0 Å². The van der Waals surface area contributed by atoms with Crippen molar-refractivity contribution >= 4 is 5.78 Å². The number of ketones is 1. The van der Waals surface area contributed by atoms with E-state index in [4.69, 9.17) is 6.42 Å². The fraction of sp³-hybridized carbons (Fsp3) is 0.571. The molecule has 0 amide bonds. The Morgan fingerprint density at radius 2 is 2.44 bits per heavy atom. The Hall–Kier alpha value is -0.810. The van der Waals surface area contributed by atoms with E-state index in [0.29, 0.717) is 6.54 Å². The lowest BCUT2D eigenvalue weighted by Gasteiger charge is -1.94. The van der Waals surface area contributed by atoms with Crippen molar-refractivity contribution in [2.75, 3.05) is 13.1 Å². The predicted molar refractivity (Wildman–Crippen MR) is 37.0 cm³/mol. The molecule has 1 N–H and O–H groups in total. The molecule has 0 aromatic rings. The summed E-state index contributed by atoms with van der Waals surface area (Å²) in [5.74, 6) is 1.85. The predicted octanol–water partition coefficient (Wildman–Crippen LogP) is 0.188. The van der Waals surface area contributed by atoms with Crippen LogP contribution >= 0.6 is 0 Å². The molecule has 0 aromatic heterocycles. The maximum atomic E-state index is 10.4. The second kappa shape index (κ2) is 5.33. The maximum absolute atomic E-state index is 10.4. The highest BCUT2D eigenvalue weighted by Gasteiger charge is 1.91. The minimum atomic E-state index is -0.177. The van der Waals surface area contributed by atoms with E-state index in [-0.39, 0.29) is 5.78 Å². The first kappa shape index (κ1) is 8.19. The number of hydrogen-bond acceptors (Lipinski definition) is 2. The van der Waals surface area contributed by atoms with Gasteiger partial charge in [0.2, 0.25) is 5.78 Å². The Balaban J connectivity index is 3.10. The standard InChI is InChI=1S/C7H11NO/c1-3-5-8-6-7(9)4-2/h2,8H,3,5-6H2,1H3. The quantitative estimate of drug-likeness (QED) is 0.330. The topological polar surface area (TPSA) is 29.1 Å². The van der Waals surface area contributed by atoms with Gasteiger partial charge in [0.15, 0.2) is 0 Å². The molecule has 0 spiro atoms. The molecular formula is C7H11NO. The van der Waals surface area contributed by atoms with E-state index in [1.54, 1.807) is 0 Å². The van der Waals surface area contributed by atoms with Crippen molar-refractivity contribution in [2.45, 2.75) is 13.3 Å². The lowest BCUT2D eigenvalue weighted by molar-refractivity contribution is -0.113. The molecular weight excluding hydrogens is 114 g/mol. The van der Waals surface area contributed by atoms with Crippen molar-refractivity contribution in [3.63, 3.8) is 0 Å². The molecule has 0 aromatic carbocycles. The van der Waals surface area contributed by atoms with Gasteiger partial charge in [-0.1, -0.05) is 6.92 Å². The molecule has 0 unspecified atom stereocenters. The van der Waals surface area contributed by atoms with Crippen molar-refractivity contribution in [1.29, 1.82) is 0 Å². The molecule has 2 heteroatoms. The van der Waals surface area contributed by atoms with Crippen LogP contribution in [0.4, 0.5) is 0 Å². The highest BCUT2D eigenvalue weighted by molar-refractivity contribution is 5.96. The monoisotopic (exact) mass is 125 g/mol. The zero-order chi connectivity index (χ0) is 7.11. The Morgan fingerprint density at radius 3 is 2.89 bits per heavy atom. The Kier molecular flexibility index (Phi) is 4.85. The Morgan fingerprint density at radius 1 is 1.78 bits per heavy atom. The number of carbonyl (C=O) groups excluding carboxylic acids is 1. The van der Waals surface area contributed by atoms with Crippen molar-refractivity contribution in [3.05, 3.63) is 0 Å². The number of nitrogens with one attached hydrogen (secondary N) is 1. The Labute approximate surface area is 55.6 Å². The molecule has 0 atom stereocenters. The van der Waals surface area contributed by atoms with Crippen LogP contribution in [-0.2, 0) is 4.79 Å². The fourth-order valence-corrected chi connectivity index (χ4v) is 0.430. The molecule has 50 valence electrons. The number of rotatable bonds is 4. The summed E-state index contributed by atoms with van der Waals surface area (Å²) < 4.78 is 0. The first-order valence-electron chi connectivity index (χ1n) is 3.01. The number of terminal acetylenes is 1. The summed E-state index contributed by atoms with van der Waals surface area (Å²) in [6.45, 7) is 3.20. The zero-order valence-corrected chi connectivity index (χ0v) is 5.61. The minimum Gasteiger partial charge on any atom is -0.309 e. The summed E-state index contributed by atoms with van der Waals surface area (Å²) in [5, 5.41) is 2.89. The number of hydrogen-bond donors (Lipinski definition) is 1. The second-order valence-electron chi connectivity index (χ2n) is 1.74. The van der Waals surface area contributed by atoms with Gasteiger partial charge in [0.1, 0.15) is 0 Å². The van der Waals surface area contributed by atoms with E-state index in [9.17, 15) is 4.79 Å². The van der Waals surface area contributed by atoms with Gasteiger partial charge in [0.25, 0.3) is 0 Å². The normalized spacial score (nSPS) is 8.44. The summed E-state index contributed by atoms with van der Waals surface area (Å²) in [6.07, 6.45) is 5.84. The van der Waals surface area contributed by atoms with Crippen LogP contribution in [0.25, 0.3) is 0 Å². The smallest absolute Gasteiger partial charge is 0.218 e. The highest BCUT2D eigenvalue weighted by atomic mass is 16.1. The van der Waals surface area contributed by atoms with Crippen molar-refractivity contribution in [1.82, 2.24) is 5.32 Å². The average molecular weight is 125 g/mol. The fourth-order valence-electron chi connectivity index (χ4n) is 0.430. The van der Waals surface area contributed by atoms with Crippen LogP contribution in [0.1, 0.15) is 13.3 Å². The highest BCUT2D eigenvalue weighted by Crippen LogP contribution is 1.69. The van der Waals surface area contributed by atoms with Gasteiger partial charge >= 0.3 is 0 Å². The van der Waals surface area contributed by atoms with Gasteiger partial charge < -0.3 is 5.32 Å². The molecule has 0 aliphatic carbocycles. The third-order valence-electron chi connectivity index (χ3n) is 0.873. The van der Waals surface area contributed by atoms with Crippen LogP contribution in [0, 0.1) is 12.3 Å². The van der Waals surface area contributed by atoms with Crippen LogP contribution in [-0.4, -0.2) is 18.9 Å². The number of carbonyl (C=O) groups is 1. The molecule has 0 rings (SSSR count). The minimum absolute atomic E-state index is 0.177. The van der Waals surface area contributed by atoms with Gasteiger partial charge in [0.05, 0.1) is 6.54 Å². The largest absolute Gasteiger partial charge is 0.309 e. The van der Waals surface area contributed by atoms with Gasteiger partial charge in [-0.2, -0.15) is 0 Å². The van der Waals surface area contributed by atoms with Gasteiger partial charge in [-0.15, -0.1) is 6.42 Å². The van der Waals surface area contributed by atoms with E-state index in [0.717, 1.165) is 13.0 Å². The molecule has 0 saturated heterocycles. The molecule has 0 radical (unpaired) electrons. The van der Waals surface area contributed by atoms with E-state index in [1.807, 2.05) is 12.8 Å². The first-order chi connectivity index (χ1) is 4.31. The van der Waals surface area contributed by atoms with Crippen molar-refractivity contribution < 1.29 is 4.79 Å². The Bertz CT molecular complexity index is 123. The summed E-state index contributed by atoms with van der Waals surface area (Å²) in [6, 6.07) is 0. The van der Waals surface area contributed by atoms with Gasteiger partial charge in [-0.25, -0.2) is 0 Å². The van der Waals surface area contributed by atoms with Crippen LogP contribution < -0.4 is 5.32 Å². The van der Waals surface area contributed by atoms with Crippen LogP contribution in [0.3, 0.4) is 0 Å². The molecule has 0 aliphatic rings. The van der Waals surface area contributed by atoms with E-state index >= 15 is 0 Å². The SMILES string of the molecule is C#CC(=O)CNCCC. The second-order valence-corrected chi connectivity index (χ2v) is 1.74. The molecule has 0 heterocycles. The lowest BCUT2D eigenvalue weighted by Crippen LogP contribution is -2.22. The lowest BCUT2D eigenvalue weighted by atomic mass is 10.4. The maximum Gasteiger partial charge on any atom is 0.218 e. The molecule has 9 heavy (non-hydrogen) atoms. The van der Waals surface area contributed by atoms with Crippen molar-refractivity contribution in [3.8, 4) is 12.3 Å². The summed E-state index contributed by atoms with van der Waals surface area (Å²) in [7, 11) is 0. The third kappa shape index (κ3) is 5.05. The van der Waals surface area contributed by atoms with Crippen LogP contribution in [0.15, 0.2) is 0 Å². The number of Topliss-reactive ketones (excluding diaryl/α,β-unsaturated/α-hetero) is 1. The van der Waals surface area contributed by atoms with Gasteiger partial charge in [-0.05, 0) is 18.9 Å². The molecule has 0 bridgehead atoms. The summed E-state index contributed by atoms with van der Waals surface area (Å²) >= 11 is 0. The van der Waals surface area contributed by atoms with Crippen LogP contribution in [0.2, 0.25) is 0 Å². The average Bonchev–Trinajstić information content (AvgIpc) is 1.89. The molecule has 2 nitrogen and oxygen atoms in total. The van der Waals surface area contributed by atoms with Crippen LogP contribution in [0.5, 0.6) is 0 Å². The van der Waals surface area contributed by atoms with E-state index in [2.05, 4.69) is 5.32 Å². The molecule has 0 aliphatic heterocycles. The van der Waals surface area contributed by atoms with Crippen molar-refractivity contribution in [2.24, 2.45) is 0 Å². The summed E-state index contributed by atoms with van der Waals surface area (Å²) in [4.78, 5) is 10.4. The zero-order valence-electron chi connectivity index (χ0n) is 5.61. The first-order valence-corrected chi connectivity index (χ1v) is 3.01. The molecule has 0 fully saturated rings. The van der Waals surface area contributed by atoms with E-state index < -0.39 is 0 Å².